The van der Waals surface area contributed by atoms with Crippen LogP contribution >= 0.6 is 11.8 Å². The summed E-state index contributed by atoms with van der Waals surface area (Å²) >= 11 is 1.53. The highest BCUT2D eigenvalue weighted by molar-refractivity contribution is 8.03. The fraction of sp³-hybridized carbons (Fsp3) is 0.444. The Balaban J connectivity index is 0.00000248. The van der Waals surface area contributed by atoms with Crippen molar-refractivity contribution in [1.82, 2.24) is 10.2 Å². The van der Waals surface area contributed by atoms with Crippen LogP contribution in [0, 0.1) is 12.7 Å². The molecule has 0 aromatic heterocycles. The van der Waals surface area contributed by atoms with Crippen LogP contribution < -0.4 is 10.1 Å². The molecule has 1 amide bonds. The van der Waals surface area contributed by atoms with Crippen molar-refractivity contribution < 1.29 is 13.9 Å². The van der Waals surface area contributed by atoms with E-state index in [0.29, 0.717) is 28.8 Å². The van der Waals surface area contributed by atoms with Gasteiger partial charge in [0.1, 0.15) is 11.6 Å². The van der Waals surface area contributed by atoms with Crippen LogP contribution in [0.5, 0.6) is 5.75 Å². The summed E-state index contributed by atoms with van der Waals surface area (Å²) in [6.45, 7) is 10.3. The van der Waals surface area contributed by atoms with Crippen LogP contribution in [0.3, 0.4) is 0 Å². The van der Waals surface area contributed by atoms with Gasteiger partial charge in [0, 0.05) is 48.8 Å². The Kier molecular flexibility index (Phi) is 13.3. The summed E-state index contributed by atoms with van der Waals surface area (Å²) in [5.74, 6) is 1.05. The second kappa shape index (κ2) is 16.6. The van der Waals surface area contributed by atoms with Crippen molar-refractivity contribution in [3.05, 3.63) is 87.1 Å². The van der Waals surface area contributed by atoms with E-state index in [1.165, 1.54) is 17.8 Å². The summed E-state index contributed by atoms with van der Waals surface area (Å²) in [7, 11) is 5.42. The summed E-state index contributed by atoms with van der Waals surface area (Å²) < 4.78 is 20.9. The predicted octanol–water partition coefficient (Wildman–Crippen LogP) is 8.37. The lowest BCUT2D eigenvalue weighted by Crippen LogP contribution is -2.45. The lowest BCUT2D eigenvalue weighted by Gasteiger charge is -2.38. The lowest BCUT2D eigenvalue weighted by molar-refractivity contribution is -0.130. The summed E-state index contributed by atoms with van der Waals surface area (Å²) in [5, 5.41) is 3.40. The molecule has 0 saturated heterocycles. The number of amides is 1. The van der Waals surface area contributed by atoms with Crippen LogP contribution in [-0.4, -0.2) is 50.3 Å². The van der Waals surface area contributed by atoms with Crippen LogP contribution in [-0.2, 0) is 17.1 Å². The van der Waals surface area contributed by atoms with Crippen molar-refractivity contribution in [1.29, 1.82) is 0 Å². The van der Waals surface area contributed by atoms with Crippen molar-refractivity contribution in [3.8, 4) is 5.75 Å². The Morgan fingerprint density at radius 3 is 2.51 bits per heavy atom. The van der Waals surface area contributed by atoms with E-state index in [2.05, 4.69) is 22.5 Å². The molecule has 1 N–H and O–H groups in total. The number of carbonyl (C=O) groups is 1. The SMILES string of the molecule is C/C=C\C(=C/C=NC)c1ccc(OC)c(CN(C(=O)C2=C(C)c3c(F)ccc(C)c3CS2)C2CCC(NC)CC2)c1.CC. The van der Waals surface area contributed by atoms with E-state index in [9.17, 15) is 4.79 Å². The Labute approximate surface area is 262 Å². The number of ether oxygens (including phenoxy) is 1. The van der Waals surface area contributed by atoms with Gasteiger partial charge in [-0.1, -0.05) is 38.1 Å². The highest BCUT2D eigenvalue weighted by atomic mass is 32.2. The molecule has 1 aliphatic carbocycles. The van der Waals surface area contributed by atoms with Gasteiger partial charge in [0.15, 0.2) is 0 Å². The molecule has 1 aliphatic heterocycles. The van der Waals surface area contributed by atoms with Gasteiger partial charge >= 0.3 is 0 Å². The Morgan fingerprint density at radius 2 is 1.88 bits per heavy atom. The first kappa shape index (κ1) is 34.3. The van der Waals surface area contributed by atoms with Gasteiger partial charge in [-0.15, -0.1) is 11.8 Å². The molecule has 232 valence electrons. The fourth-order valence-electron chi connectivity index (χ4n) is 5.92. The fourth-order valence-corrected chi connectivity index (χ4v) is 7.14. The van der Waals surface area contributed by atoms with Crippen molar-refractivity contribution in [2.45, 2.75) is 84.7 Å². The normalized spacial score (nSPS) is 18.9. The van der Waals surface area contributed by atoms with Crippen LogP contribution in [0.15, 0.2) is 58.5 Å². The number of carbonyl (C=O) groups excluding carboxylic acids is 1. The van der Waals surface area contributed by atoms with Crippen LogP contribution in [0.25, 0.3) is 11.1 Å². The number of allylic oxidation sites excluding steroid dienone is 5. The third-order valence-electron chi connectivity index (χ3n) is 8.28. The first-order valence-electron chi connectivity index (χ1n) is 15.4. The first-order chi connectivity index (χ1) is 20.8. The van der Waals surface area contributed by atoms with Crippen molar-refractivity contribution in [2.75, 3.05) is 21.2 Å². The van der Waals surface area contributed by atoms with Gasteiger partial charge in [-0.2, -0.15) is 0 Å². The van der Waals surface area contributed by atoms with Crippen molar-refractivity contribution in [2.24, 2.45) is 4.99 Å². The summed E-state index contributed by atoms with van der Waals surface area (Å²) in [5.41, 5.74) is 6.36. The van der Waals surface area contributed by atoms with E-state index in [1.807, 2.05) is 76.9 Å². The number of aryl methyl sites for hydroxylation is 1. The smallest absolute Gasteiger partial charge is 0.261 e. The zero-order valence-electron chi connectivity index (χ0n) is 27.1. The molecule has 0 spiro atoms. The number of aliphatic imine (C=N–C) groups is 1. The molecule has 1 saturated carbocycles. The standard InChI is InChI=1S/C34H42FN3O2S.C2H6/c1-7-8-24(17-18-36-4)25-10-16-31(40-6)26(19-25)20-38(28-13-11-27(37-5)12-14-28)34(39)33-23(3)32-29(21-41-33)22(2)9-15-30(32)35;1-2/h7-10,15-19,27-28,37H,11-14,20-21H2,1-6H3;1-2H3/b8-7-,24-17+,36-18?;. The minimum absolute atomic E-state index is 0.0262. The van der Waals surface area contributed by atoms with E-state index in [0.717, 1.165) is 64.8 Å². The topological polar surface area (TPSA) is 53.9 Å². The number of rotatable bonds is 9. The number of benzene rings is 2. The van der Waals surface area contributed by atoms with Crippen molar-refractivity contribution >= 4 is 35.0 Å². The zero-order chi connectivity index (χ0) is 31.5. The van der Waals surface area contributed by atoms with Gasteiger partial charge in [-0.3, -0.25) is 9.79 Å². The van der Waals surface area contributed by atoms with Crippen LogP contribution in [0.4, 0.5) is 4.39 Å². The maximum Gasteiger partial charge on any atom is 0.261 e. The van der Waals surface area contributed by atoms with E-state index in [-0.39, 0.29) is 17.8 Å². The molecular formula is C36H48FN3O2S. The third kappa shape index (κ3) is 8.07. The minimum atomic E-state index is -0.261. The molecule has 43 heavy (non-hydrogen) atoms. The third-order valence-corrected chi connectivity index (χ3v) is 9.48. The maximum absolute atomic E-state index is 15.1. The molecule has 5 nitrogen and oxygen atoms in total. The first-order valence-corrected chi connectivity index (χ1v) is 16.3. The van der Waals surface area contributed by atoms with Crippen LogP contribution in [0.1, 0.15) is 81.2 Å². The average Bonchev–Trinajstić information content (AvgIpc) is 3.04. The second-order valence-electron chi connectivity index (χ2n) is 10.7. The molecule has 0 atom stereocenters. The molecule has 7 heteroatoms. The number of methoxy groups -OCH3 is 1. The molecule has 0 bridgehead atoms. The number of nitrogens with zero attached hydrogens (tertiary/aromatic N) is 2. The summed E-state index contributed by atoms with van der Waals surface area (Å²) in [6.07, 6.45) is 11.7. The molecule has 0 radical (unpaired) electrons. The number of hydrogen-bond donors (Lipinski definition) is 1. The number of nitrogens with one attached hydrogen (secondary N) is 1. The molecule has 1 heterocycles. The van der Waals surface area contributed by atoms with Gasteiger partial charge in [0.05, 0.1) is 12.0 Å². The van der Waals surface area contributed by atoms with Crippen LogP contribution in [0.2, 0.25) is 0 Å². The number of thioether (sulfide) groups is 1. The molecule has 2 aromatic rings. The molecule has 1 fully saturated rings. The van der Waals surface area contributed by atoms with Gasteiger partial charge in [-0.25, -0.2) is 4.39 Å². The summed E-state index contributed by atoms with van der Waals surface area (Å²) in [4.78, 5) is 21.2. The van der Waals surface area contributed by atoms with Gasteiger partial charge < -0.3 is 15.0 Å². The minimum Gasteiger partial charge on any atom is -0.496 e. The molecule has 2 aromatic carbocycles. The van der Waals surface area contributed by atoms with Crippen molar-refractivity contribution in [3.63, 3.8) is 0 Å². The lowest BCUT2D eigenvalue weighted by atomic mass is 9.89. The molecular weight excluding hydrogens is 557 g/mol. The van der Waals surface area contributed by atoms with E-state index in [4.69, 9.17) is 4.74 Å². The van der Waals surface area contributed by atoms with Gasteiger partial charge in [0.2, 0.25) is 0 Å². The largest absolute Gasteiger partial charge is 0.496 e. The molecule has 0 unspecified atom stereocenters. The Hall–Kier alpha value is -3.16. The van der Waals surface area contributed by atoms with E-state index >= 15 is 4.39 Å². The summed E-state index contributed by atoms with van der Waals surface area (Å²) in [6, 6.07) is 10.0. The molecule has 2 aliphatic rings. The highest BCUT2D eigenvalue weighted by Gasteiger charge is 2.34. The predicted molar refractivity (Wildman–Crippen MR) is 182 cm³/mol. The van der Waals surface area contributed by atoms with Gasteiger partial charge in [-0.05, 0) is 106 Å². The quantitative estimate of drug-likeness (QED) is 0.231. The number of hydrogen-bond acceptors (Lipinski definition) is 5. The average molecular weight is 606 g/mol. The zero-order valence-corrected chi connectivity index (χ0v) is 27.9. The monoisotopic (exact) mass is 605 g/mol. The van der Waals surface area contributed by atoms with Gasteiger partial charge in [0.25, 0.3) is 5.91 Å². The Bertz CT molecular complexity index is 1390. The number of halogens is 1. The van der Waals surface area contributed by atoms with E-state index in [1.54, 1.807) is 20.4 Å². The second-order valence-corrected chi connectivity index (χ2v) is 11.7. The number of fused-ring (bicyclic) bond motifs is 1. The Morgan fingerprint density at radius 1 is 1.16 bits per heavy atom. The maximum atomic E-state index is 15.1. The highest BCUT2D eigenvalue weighted by Crippen LogP contribution is 2.42. The molecule has 4 rings (SSSR count). The van der Waals surface area contributed by atoms with E-state index < -0.39 is 0 Å².